The molecule has 3 aromatic rings. The van der Waals surface area contributed by atoms with E-state index in [4.69, 9.17) is 16.0 Å². The summed E-state index contributed by atoms with van der Waals surface area (Å²) in [6.07, 6.45) is 3.00. The minimum atomic E-state index is -0.284. The van der Waals surface area contributed by atoms with Crippen LogP contribution < -0.4 is 10.6 Å². The Hall–Kier alpha value is -3.31. The maximum atomic E-state index is 12.1. The molecule has 29 heavy (non-hydrogen) atoms. The zero-order valence-corrected chi connectivity index (χ0v) is 16.9. The molecule has 0 atom stereocenters. The first-order valence-corrected chi connectivity index (χ1v) is 9.54. The molecule has 2 N–H and O–H groups in total. The minimum absolute atomic E-state index is 0.0545. The summed E-state index contributed by atoms with van der Waals surface area (Å²) >= 11 is 5.89. The van der Waals surface area contributed by atoms with Gasteiger partial charge < -0.3 is 15.1 Å². The van der Waals surface area contributed by atoms with Crippen molar-refractivity contribution < 1.29 is 14.0 Å². The molecule has 1 heterocycles. The van der Waals surface area contributed by atoms with Gasteiger partial charge in [-0.3, -0.25) is 9.59 Å². The van der Waals surface area contributed by atoms with Crippen LogP contribution in [-0.2, 0) is 9.59 Å². The predicted octanol–water partition coefficient (Wildman–Crippen LogP) is 5.85. The molecule has 148 valence electrons. The van der Waals surface area contributed by atoms with Crippen molar-refractivity contribution in [3.8, 4) is 11.3 Å². The molecule has 0 saturated carbocycles. The van der Waals surface area contributed by atoms with Crippen LogP contribution in [0.5, 0.6) is 0 Å². The van der Waals surface area contributed by atoms with Crippen molar-refractivity contribution in [1.29, 1.82) is 0 Å². The molecule has 0 aliphatic carbocycles. The molecule has 1 aromatic heterocycles. The molecule has 0 unspecified atom stereocenters. The molecule has 0 spiro atoms. The van der Waals surface area contributed by atoms with Gasteiger partial charge in [0.25, 0.3) is 0 Å². The van der Waals surface area contributed by atoms with Gasteiger partial charge in [0, 0.05) is 34.0 Å². The van der Waals surface area contributed by atoms with Gasteiger partial charge in [0.2, 0.25) is 11.8 Å². The van der Waals surface area contributed by atoms with Gasteiger partial charge in [-0.2, -0.15) is 0 Å². The van der Waals surface area contributed by atoms with E-state index in [0.29, 0.717) is 27.9 Å². The second-order valence-electron chi connectivity index (χ2n) is 6.75. The van der Waals surface area contributed by atoms with E-state index in [0.717, 1.165) is 5.56 Å². The van der Waals surface area contributed by atoms with Crippen LogP contribution >= 0.6 is 11.6 Å². The summed E-state index contributed by atoms with van der Waals surface area (Å²) in [7, 11) is 0. The highest BCUT2D eigenvalue weighted by atomic mass is 35.5. The molecule has 0 aliphatic heterocycles. The lowest BCUT2D eigenvalue weighted by atomic mass is 10.2. The van der Waals surface area contributed by atoms with Gasteiger partial charge in [-0.25, -0.2) is 0 Å². The van der Waals surface area contributed by atoms with Gasteiger partial charge >= 0.3 is 0 Å². The summed E-state index contributed by atoms with van der Waals surface area (Å²) in [5.74, 6) is 0.827. The molecule has 0 aliphatic rings. The summed E-state index contributed by atoms with van der Waals surface area (Å²) < 4.78 is 5.73. The van der Waals surface area contributed by atoms with Crippen molar-refractivity contribution in [2.24, 2.45) is 5.92 Å². The van der Waals surface area contributed by atoms with E-state index < -0.39 is 0 Å². The van der Waals surface area contributed by atoms with Crippen LogP contribution in [0.3, 0.4) is 0 Å². The van der Waals surface area contributed by atoms with Crippen LogP contribution in [0.4, 0.5) is 11.4 Å². The molecular weight excluding hydrogens is 388 g/mol. The zero-order chi connectivity index (χ0) is 20.8. The topological polar surface area (TPSA) is 71.3 Å². The van der Waals surface area contributed by atoms with Crippen molar-refractivity contribution in [3.05, 3.63) is 77.5 Å². The monoisotopic (exact) mass is 408 g/mol. The summed E-state index contributed by atoms with van der Waals surface area (Å²) in [5.41, 5.74) is 2.22. The number of furan rings is 1. The van der Waals surface area contributed by atoms with E-state index in [9.17, 15) is 9.59 Å². The highest BCUT2D eigenvalue weighted by Gasteiger charge is 2.07. The Morgan fingerprint density at radius 3 is 2.14 bits per heavy atom. The van der Waals surface area contributed by atoms with E-state index >= 15 is 0 Å². The first kappa shape index (κ1) is 20.4. The Morgan fingerprint density at radius 2 is 1.52 bits per heavy atom. The molecule has 0 bridgehead atoms. The number of anilines is 2. The molecule has 3 rings (SSSR count). The minimum Gasteiger partial charge on any atom is -0.457 e. The normalized spacial score (nSPS) is 11.0. The van der Waals surface area contributed by atoms with Crippen molar-refractivity contribution in [3.63, 3.8) is 0 Å². The smallest absolute Gasteiger partial charge is 0.248 e. The van der Waals surface area contributed by atoms with Gasteiger partial charge in [-0.15, -0.1) is 0 Å². The largest absolute Gasteiger partial charge is 0.457 e. The fraction of sp³-hybridized carbons (Fsp3) is 0.130. The van der Waals surface area contributed by atoms with E-state index in [-0.39, 0.29) is 17.7 Å². The second-order valence-corrected chi connectivity index (χ2v) is 7.19. The highest BCUT2D eigenvalue weighted by molar-refractivity contribution is 6.30. The van der Waals surface area contributed by atoms with Crippen LogP contribution in [0.1, 0.15) is 19.6 Å². The Bertz CT molecular complexity index is 1020. The number of amides is 2. The standard InChI is InChI=1S/C23H21ClN2O3/c1-15(2)23(28)26-19-9-7-18(8-10-19)25-22(27)14-12-20-11-13-21(29-20)16-3-5-17(24)6-4-16/h3-15H,1-2H3,(H,25,27)(H,26,28). The number of halogens is 1. The lowest BCUT2D eigenvalue weighted by Gasteiger charge is -2.08. The first-order chi connectivity index (χ1) is 13.9. The van der Waals surface area contributed by atoms with Crippen LogP contribution in [0.2, 0.25) is 5.02 Å². The average molecular weight is 409 g/mol. The number of hydrogen-bond acceptors (Lipinski definition) is 3. The Balaban J connectivity index is 1.57. The Labute approximate surface area is 174 Å². The SMILES string of the molecule is CC(C)C(=O)Nc1ccc(NC(=O)C=Cc2ccc(-c3ccc(Cl)cc3)o2)cc1. The number of hydrogen-bond donors (Lipinski definition) is 2. The summed E-state index contributed by atoms with van der Waals surface area (Å²) in [6, 6.07) is 17.9. The van der Waals surface area contributed by atoms with Crippen molar-refractivity contribution in [2.75, 3.05) is 10.6 Å². The molecule has 6 heteroatoms. The molecule has 0 fully saturated rings. The molecule has 0 radical (unpaired) electrons. The fourth-order valence-corrected chi connectivity index (χ4v) is 2.60. The summed E-state index contributed by atoms with van der Waals surface area (Å²) in [4.78, 5) is 23.8. The molecule has 5 nitrogen and oxygen atoms in total. The summed E-state index contributed by atoms with van der Waals surface area (Å²) in [6.45, 7) is 3.65. The zero-order valence-electron chi connectivity index (χ0n) is 16.1. The van der Waals surface area contributed by atoms with E-state index in [1.54, 1.807) is 48.5 Å². The number of benzene rings is 2. The van der Waals surface area contributed by atoms with Crippen molar-refractivity contribution >= 4 is 40.9 Å². The number of rotatable bonds is 6. The van der Waals surface area contributed by atoms with Crippen LogP contribution in [0, 0.1) is 5.92 Å². The van der Waals surface area contributed by atoms with Crippen LogP contribution in [0.25, 0.3) is 17.4 Å². The molecule has 0 saturated heterocycles. The first-order valence-electron chi connectivity index (χ1n) is 9.16. The molecular formula is C23H21ClN2O3. The third-order valence-corrected chi connectivity index (χ3v) is 4.35. The maximum absolute atomic E-state index is 12.1. The van der Waals surface area contributed by atoms with E-state index in [1.165, 1.54) is 6.08 Å². The summed E-state index contributed by atoms with van der Waals surface area (Å²) in [5, 5.41) is 6.23. The lowest BCUT2D eigenvalue weighted by molar-refractivity contribution is -0.119. The third kappa shape index (κ3) is 5.83. The van der Waals surface area contributed by atoms with Crippen molar-refractivity contribution in [2.45, 2.75) is 13.8 Å². The number of carbonyl (C=O) groups is 2. The van der Waals surface area contributed by atoms with Crippen LogP contribution in [0.15, 0.2) is 71.2 Å². The van der Waals surface area contributed by atoms with Gasteiger partial charge in [-0.05, 0) is 66.7 Å². The number of nitrogens with one attached hydrogen (secondary N) is 2. The average Bonchev–Trinajstić information content (AvgIpc) is 3.17. The predicted molar refractivity (Wildman–Crippen MR) is 117 cm³/mol. The van der Waals surface area contributed by atoms with E-state index in [1.807, 2.05) is 32.0 Å². The van der Waals surface area contributed by atoms with Crippen molar-refractivity contribution in [1.82, 2.24) is 0 Å². The second kappa shape index (κ2) is 9.26. The quantitative estimate of drug-likeness (QED) is 0.503. The lowest BCUT2D eigenvalue weighted by Crippen LogP contribution is -2.17. The van der Waals surface area contributed by atoms with Gasteiger partial charge in [0.05, 0.1) is 0 Å². The van der Waals surface area contributed by atoms with E-state index in [2.05, 4.69) is 10.6 Å². The molecule has 2 amide bonds. The Morgan fingerprint density at radius 1 is 0.897 bits per heavy atom. The maximum Gasteiger partial charge on any atom is 0.248 e. The van der Waals surface area contributed by atoms with Gasteiger partial charge in [-0.1, -0.05) is 25.4 Å². The number of carbonyl (C=O) groups excluding carboxylic acids is 2. The van der Waals surface area contributed by atoms with Gasteiger partial charge in [0.15, 0.2) is 0 Å². The van der Waals surface area contributed by atoms with Crippen LogP contribution in [-0.4, -0.2) is 11.8 Å². The fourth-order valence-electron chi connectivity index (χ4n) is 2.48. The highest BCUT2D eigenvalue weighted by Crippen LogP contribution is 2.24. The molecule has 2 aromatic carbocycles. The Kier molecular flexibility index (Phi) is 6.52. The third-order valence-electron chi connectivity index (χ3n) is 4.10. The van der Waals surface area contributed by atoms with Gasteiger partial charge in [0.1, 0.15) is 11.5 Å².